The highest BCUT2D eigenvalue weighted by molar-refractivity contribution is 8.14. The predicted molar refractivity (Wildman–Crippen MR) is 107 cm³/mol. The molecule has 1 aromatic heterocycles. The Balaban J connectivity index is 1.64. The number of carbonyl (C=O) groups is 1. The molecule has 0 saturated carbocycles. The largest absolute Gasteiger partial charge is 0.497 e. The normalized spacial score (nSPS) is 20.6. The Morgan fingerprint density at radius 2 is 2.22 bits per heavy atom. The third-order valence-corrected chi connectivity index (χ3v) is 6.02. The van der Waals surface area contributed by atoms with E-state index < -0.39 is 5.97 Å². The van der Waals surface area contributed by atoms with Crippen LogP contribution in [-0.4, -0.2) is 59.3 Å². The molecule has 7 nitrogen and oxygen atoms in total. The summed E-state index contributed by atoms with van der Waals surface area (Å²) < 4.78 is 10.9. The van der Waals surface area contributed by atoms with Gasteiger partial charge in [0.15, 0.2) is 0 Å². The molecule has 0 spiro atoms. The molecule has 144 valence electrons. The molecule has 3 heterocycles. The molecule has 0 aliphatic carbocycles. The van der Waals surface area contributed by atoms with E-state index in [-0.39, 0.29) is 12.5 Å². The maximum atomic E-state index is 10.9. The summed E-state index contributed by atoms with van der Waals surface area (Å²) in [5.41, 5.74) is 2.95. The number of carboxylic acids is 1. The van der Waals surface area contributed by atoms with E-state index in [1.54, 1.807) is 18.9 Å². The molecule has 1 aromatic carbocycles. The van der Waals surface area contributed by atoms with Crippen molar-refractivity contribution >= 4 is 39.4 Å². The topological polar surface area (TPSA) is 95.9 Å². The number of hydrogen-bond acceptors (Lipinski definition) is 6. The van der Waals surface area contributed by atoms with Gasteiger partial charge in [-0.15, -0.1) is 11.8 Å². The molecule has 0 amide bonds. The summed E-state index contributed by atoms with van der Waals surface area (Å²) in [7, 11) is 1.67. The number of nitrogens with one attached hydrogen (secondary N) is 2. The number of aromatic nitrogens is 1. The molecule has 1 saturated heterocycles. The molecule has 2 aliphatic heterocycles. The Labute approximate surface area is 161 Å². The van der Waals surface area contributed by atoms with Crippen molar-refractivity contribution in [3.63, 3.8) is 0 Å². The van der Waals surface area contributed by atoms with Crippen LogP contribution in [0, 0.1) is 0 Å². The predicted octanol–water partition coefficient (Wildman–Crippen LogP) is 3.10. The van der Waals surface area contributed by atoms with Crippen molar-refractivity contribution in [2.24, 2.45) is 4.99 Å². The van der Waals surface area contributed by atoms with Gasteiger partial charge in [-0.3, -0.25) is 9.79 Å². The van der Waals surface area contributed by atoms with Crippen LogP contribution < -0.4 is 10.1 Å². The maximum Gasteiger partial charge on any atom is 0.305 e. The van der Waals surface area contributed by atoms with Crippen LogP contribution >= 0.6 is 11.8 Å². The van der Waals surface area contributed by atoms with Crippen LogP contribution in [0.1, 0.15) is 25.0 Å². The number of hydrogen-bond donors (Lipinski definition) is 3. The number of carboxylic acid groups (broad SMARTS) is 1. The first kappa shape index (κ1) is 18.2. The van der Waals surface area contributed by atoms with E-state index in [0.29, 0.717) is 11.8 Å². The van der Waals surface area contributed by atoms with Gasteiger partial charge in [-0.1, -0.05) is 0 Å². The van der Waals surface area contributed by atoms with Crippen molar-refractivity contribution in [3.8, 4) is 5.75 Å². The molecular weight excluding hydrogens is 366 g/mol. The number of aliphatic imine (C=N–C) groups is 1. The van der Waals surface area contributed by atoms with Gasteiger partial charge in [-0.2, -0.15) is 0 Å². The van der Waals surface area contributed by atoms with Gasteiger partial charge in [0, 0.05) is 36.5 Å². The lowest BCUT2D eigenvalue weighted by Crippen LogP contribution is -2.27. The zero-order chi connectivity index (χ0) is 18.8. The third-order valence-electron chi connectivity index (χ3n) is 4.87. The van der Waals surface area contributed by atoms with Crippen molar-refractivity contribution in [1.82, 2.24) is 4.98 Å². The Hall–Kier alpha value is -2.19. The van der Waals surface area contributed by atoms with E-state index in [1.807, 2.05) is 12.1 Å². The monoisotopic (exact) mass is 389 g/mol. The minimum Gasteiger partial charge on any atom is -0.497 e. The molecule has 4 rings (SSSR count). The van der Waals surface area contributed by atoms with Crippen LogP contribution in [0.4, 0.5) is 5.69 Å². The summed E-state index contributed by atoms with van der Waals surface area (Å²) in [6, 6.07) is 6.28. The SMILES string of the molecule is COc1cc(NC2CCOCC2)c2[nH]c(C3=N[C@H](CC(=O)O)CS3)cc2c1. The Bertz CT molecular complexity index is 873. The fourth-order valence-corrected chi connectivity index (χ4v) is 4.53. The van der Waals surface area contributed by atoms with Crippen molar-refractivity contribution in [1.29, 1.82) is 0 Å². The number of ether oxygens (including phenoxy) is 2. The second kappa shape index (κ2) is 7.82. The maximum absolute atomic E-state index is 10.9. The number of H-pyrrole nitrogens is 1. The molecule has 1 atom stereocenters. The van der Waals surface area contributed by atoms with E-state index in [4.69, 9.17) is 14.6 Å². The molecule has 8 heteroatoms. The van der Waals surface area contributed by atoms with Crippen LogP contribution in [0.5, 0.6) is 5.75 Å². The van der Waals surface area contributed by atoms with E-state index in [1.165, 1.54) is 0 Å². The standard InChI is InChI=1S/C19H23N3O4S/c1-25-14-6-11-7-16(19-21-13(10-27-19)8-17(23)24)22-18(11)15(9-14)20-12-2-4-26-5-3-12/h6-7,9,12-13,20,22H,2-5,8,10H2,1H3,(H,23,24)/t13-/m1/s1. The van der Waals surface area contributed by atoms with E-state index in [0.717, 1.165) is 59.1 Å². The first-order chi connectivity index (χ1) is 13.1. The first-order valence-electron chi connectivity index (χ1n) is 9.10. The fourth-order valence-electron chi connectivity index (χ4n) is 3.49. The lowest BCUT2D eigenvalue weighted by atomic mass is 10.1. The number of aliphatic carboxylic acids is 1. The minimum atomic E-state index is -0.810. The highest BCUT2D eigenvalue weighted by Gasteiger charge is 2.23. The van der Waals surface area contributed by atoms with Gasteiger partial charge in [0.2, 0.25) is 0 Å². The van der Waals surface area contributed by atoms with E-state index in [2.05, 4.69) is 21.4 Å². The Kier molecular flexibility index (Phi) is 5.27. The number of anilines is 1. The van der Waals surface area contributed by atoms with Gasteiger partial charge < -0.3 is 24.9 Å². The molecule has 3 N–H and O–H groups in total. The number of aromatic amines is 1. The van der Waals surface area contributed by atoms with Gasteiger partial charge in [-0.25, -0.2) is 0 Å². The molecule has 1 fully saturated rings. The van der Waals surface area contributed by atoms with Crippen LogP contribution in [0.25, 0.3) is 10.9 Å². The second-order valence-corrected chi connectivity index (χ2v) is 7.86. The zero-order valence-corrected chi connectivity index (χ0v) is 16.0. The quantitative estimate of drug-likeness (QED) is 0.703. The Morgan fingerprint density at radius 3 is 2.96 bits per heavy atom. The fraction of sp³-hybridized carbons (Fsp3) is 0.474. The van der Waals surface area contributed by atoms with Gasteiger partial charge in [-0.05, 0) is 25.0 Å². The van der Waals surface area contributed by atoms with Crippen LogP contribution in [0.3, 0.4) is 0 Å². The molecule has 2 aromatic rings. The average Bonchev–Trinajstić information content (AvgIpc) is 3.28. The summed E-state index contributed by atoms with van der Waals surface area (Å²) in [4.78, 5) is 19.0. The Morgan fingerprint density at radius 1 is 1.41 bits per heavy atom. The smallest absolute Gasteiger partial charge is 0.305 e. The average molecular weight is 389 g/mol. The van der Waals surface area contributed by atoms with Crippen molar-refractivity contribution in [2.75, 3.05) is 31.4 Å². The summed E-state index contributed by atoms with van der Waals surface area (Å²) in [6.45, 7) is 1.55. The lowest BCUT2D eigenvalue weighted by molar-refractivity contribution is -0.137. The number of rotatable bonds is 6. The molecular formula is C19H23N3O4S. The van der Waals surface area contributed by atoms with Crippen LogP contribution in [0.15, 0.2) is 23.2 Å². The van der Waals surface area contributed by atoms with Crippen LogP contribution in [0.2, 0.25) is 0 Å². The highest BCUT2D eigenvalue weighted by Crippen LogP contribution is 2.33. The van der Waals surface area contributed by atoms with Gasteiger partial charge in [0.1, 0.15) is 10.8 Å². The van der Waals surface area contributed by atoms with Crippen molar-refractivity contribution in [2.45, 2.75) is 31.3 Å². The summed E-state index contributed by atoms with van der Waals surface area (Å²) >= 11 is 1.60. The molecule has 0 unspecified atom stereocenters. The van der Waals surface area contributed by atoms with Crippen molar-refractivity contribution in [3.05, 3.63) is 23.9 Å². The van der Waals surface area contributed by atoms with Crippen molar-refractivity contribution < 1.29 is 19.4 Å². The zero-order valence-electron chi connectivity index (χ0n) is 15.2. The number of nitrogens with zero attached hydrogens (tertiary/aromatic N) is 1. The number of fused-ring (bicyclic) bond motifs is 1. The second-order valence-electron chi connectivity index (χ2n) is 6.85. The minimum absolute atomic E-state index is 0.0705. The summed E-state index contributed by atoms with van der Waals surface area (Å²) in [6.07, 6.45) is 2.03. The van der Waals surface area contributed by atoms with Gasteiger partial charge in [0.25, 0.3) is 0 Å². The van der Waals surface area contributed by atoms with E-state index in [9.17, 15) is 4.79 Å². The van der Waals surface area contributed by atoms with Crippen LogP contribution in [-0.2, 0) is 9.53 Å². The molecule has 27 heavy (non-hydrogen) atoms. The molecule has 0 radical (unpaired) electrons. The number of thioether (sulfide) groups is 1. The number of methoxy groups -OCH3 is 1. The lowest BCUT2D eigenvalue weighted by Gasteiger charge is -2.24. The number of benzene rings is 1. The highest BCUT2D eigenvalue weighted by atomic mass is 32.2. The summed E-state index contributed by atoms with van der Waals surface area (Å²) in [5.74, 6) is 0.690. The van der Waals surface area contributed by atoms with E-state index >= 15 is 0 Å². The van der Waals surface area contributed by atoms with Gasteiger partial charge >= 0.3 is 5.97 Å². The molecule has 0 bridgehead atoms. The summed E-state index contributed by atoms with van der Waals surface area (Å²) in [5, 5.41) is 14.5. The van der Waals surface area contributed by atoms with Gasteiger partial charge in [0.05, 0.1) is 36.5 Å². The molecule has 2 aliphatic rings. The first-order valence-corrected chi connectivity index (χ1v) is 10.1. The third kappa shape index (κ3) is 4.06.